The lowest BCUT2D eigenvalue weighted by Crippen LogP contribution is -2.41. The summed E-state index contributed by atoms with van der Waals surface area (Å²) in [5, 5.41) is 4.64. The van der Waals surface area contributed by atoms with Crippen LogP contribution in [0.15, 0.2) is 48.5 Å². The quantitative estimate of drug-likeness (QED) is 0.688. The molecule has 0 spiro atoms. The van der Waals surface area contributed by atoms with E-state index in [9.17, 15) is 4.79 Å². The Bertz CT molecular complexity index is 1030. The summed E-state index contributed by atoms with van der Waals surface area (Å²) >= 11 is 0. The van der Waals surface area contributed by atoms with Gasteiger partial charge in [0.05, 0.1) is 11.4 Å². The van der Waals surface area contributed by atoms with Crippen molar-refractivity contribution in [3.05, 3.63) is 65.2 Å². The number of amides is 1. The number of aromatic nitrogens is 1. The van der Waals surface area contributed by atoms with E-state index in [0.29, 0.717) is 13.1 Å². The number of fused-ring (bicyclic) bond motifs is 1. The van der Waals surface area contributed by atoms with Gasteiger partial charge in [-0.05, 0) is 67.6 Å². The van der Waals surface area contributed by atoms with Crippen molar-refractivity contribution in [3.8, 4) is 0 Å². The van der Waals surface area contributed by atoms with Crippen molar-refractivity contribution < 1.29 is 4.79 Å². The molecule has 1 saturated heterocycles. The van der Waals surface area contributed by atoms with Crippen LogP contribution in [0.25, 0.3) is 10.9 Å². The summed E-state index contributed by atoms with van der Waals surface area (Å²) in [7, 11) is 0. The third-order valence-electron chi connectivity index (χ3n) is 5.77. The van der Waals surface area contributed by atoms with Crippen LogP contribution in [0.1, 0.15) is 29.5 Å². The molecule has 2 aromatic carbocycles. The van der Waals surface area contributed by atoms with Gasteiger partial charge in [-0.25, -0.2) is 4.98 Å². The first-order valence-electron chi connectivity index (χ1n) is 10.2. The van der Waals surface area contributed by atoms with Crippen molar-refractivity contribution in [1.82, 2.24) is 4.98 Å². The fraction of sp³-hybridized carbons (Fsp3) is 0.333. The smallest absolute Gasteiger partial charge is 0.222 e. The maximum atomic E-state index is 11.5. The number of hydrogen-bond donors (Lipinski definition) is 2. The van der Waals surface area contributed by atoms with Crippen molar-refractivity contribution in [2.24, 2.45) is 11.7 Å². The van der Waals surface area contributed by atoms with Crippen LogP contribution < -0.4 is 16.0 Å². The summed E-state index contributed by atoms with van der Waals surface area (Å²) in [6.45, 7) is 6.62. The molecule has 5 heteroatoms. The number of piperidine rings is 1. The molecule has 29 heavy (non-hydrogen) atoms. The van der Waals surface area contributed by atoms with Crippen LogP contribution in [0.4, 0.5) is 11.5 Å². The SMILES string of the molecule is Cc1ccc2c(C)cc(NCc3ccc(N4CCCC(C(N)=O)C4)cc3)nc2c1. The number of anilines is 2. The van der Waals surface area contributed by atoms with Crippen LogP contribution in [0.2, 0.25) is 0 Å². The monoisotopic (exact) mass is 388 g/mol. The molecule has 0 bridgehead atoms. The molecule has 4 rings (SSSR count). The van der Waals surface area contributed by atoms with E-state index in [4.69, 9.17) is 10.7 Å². The second kappa shape index (κ2) is 8.11. The Morgan fingerprint density at radius 2 is 1.97 bits per heavy atom. The number of nitrogens with zero attached hydrogens (tertiary/aromatic N) is 2. The van der Waals surface area contributed by atoms with Gasteiger partial charge in [-0.15, -0.1) is 0 Å². The van der Waals surface area contributed by atoms with Crippen LogP contribution in [0, 0.1) is 19.8 Å². The molecule has 1 atom stereocenters. The average Bonchev–Trinajstić information content (AvgIpc) is 2.72. The molecule has 3 aromatic rings. The number of pyridine rings is 1. The standard InChI is InChI=1S/C24H28N4O/c1-16-5-10-21-17(2)13-23(27-22(21)12-16)26-14-18-6-8-20(9-7-18)28-11-3-4-19(15-28)24(25)29/h5-10,12-13,19H,3-4,11,14-15H2,1-2H3,(H2,25,29)(H,26,27). The molecule has 150 valence electrons. The van der Waals surface area contributed by atoms with Crippen molar-refractivity contribution >= 4 is 28.3 Å². The van der Waals surface area contributed by atoms with Gasteiger partial charge in [0.2, 0.25) is 5.91 Å². The molecule has 0 saturated carbocycles. The number of primary amides is 1. The lowest BCUT2D eigenvalue weighted by molar-refractivity contribution is -0.122. The number of nitrogens with two attached hydrogens (primary N) is 1. The predicted molar refractivity (Wildman–Crippen MR) is 119 cm³/mol. The lowest BCUT2D eigenvalue weighted by Gasteiger charge is -2.33. The van der Waals surface area contributed by atoms with Crippen molar-refractivity contribution in [2.45, 2.75) is 33.2 Å². The molecule has 1 fully saturated rings. The Morgan fingerprint density at radius 3 is 2.72 bits per heavy atom. The molecule has 0 radical (unpaired) electrons. The summed E-state index contributed by atoms with van der Waals surface area (Å²) in [5.74, 6) is 0.657. The average molecular weight is 389 g/mol. The number of benzene rings is 2. The van der Waals surface area contributed by atoms with E-state index >= 15 is 0 Å². The molecule has 0 aliphatic carbocycles. The summed E-state index contributed by atoms with van der Waals surface area (Å²) in [4.78, 5) is 18.5. The molecule has 1 amide bonds. The summed E-state index contributed by atoms with van der Waals surface area (Å²) < 4.78 is 0. The largest absolute Gasteiger partial charge is 0.371 e. The second-order valence-electron chi connectivity index (χ2n) is 8.05. The van der Waals surface area contributed by atoms with Crippen LogP contribution in [-0.2, 0) is 11.3 Å². The topological polar surface area (TPSA) is 71.2 Å². The molecule has 1 unspecified atom stereocenters. The minimum atomic E-state index is -0.191. The molecule has 1 aromatic heterocycles. The molecular weight excluding hydrogens is 360 g/mol. The van der Waals surface area contributed by atoms with Crippen LogP contribution in [-0.4, -0.2) is 24.0 Å². The first-order chi connectivity index (χ1) is 14.0. The molecular formula is C24H28N4O. The van der Waals surface area contributed by atoms with E-state index in [1.165, 1.54) is 22.1 Å². The van der Waals surface area contributed by atoms with Crippen LogP contribution in [0.3, 0.4) is 0 Å². The lowest BCUT2D eigenvalue weighted by atomic mass is 9.97. The van der Waals surface area contributed by atoms with E-state index in [1.54, 1.807) is 0 Å². The van der Waals surface area contributed by atoms with E-state index in [-0.39, 0.29) is 11.8 Å². The first-order valence-corrected chi connectivity index (χ1v) is 10.2. The van der Waals surface area contributed by atoms with E-state index < -0.39 is 0 Å². The third-order valence-corrected chi connectivity index (χ3v) is 5.77. The number of rotatable bonds is 5. The minimum absolute atomic E-state index is 0.0454. The highest BCUT2D eigenvalue weighted by Gasteiger charge is 2.23. The van der Waals surface area contributed by atoms with E-state index in [2.05, 4.69) is 72.6 Å². The Balaban J connectivity index is 1.43. The van der Waals surface area contributed by atoms with Crippen molar-refractivity contribution in [3.63, 3.8) is 0 Å². The second-order valence-corrected chi connectivity index (χ2v) is 8.05. The van der Waals surface area contributed by atoms with E-state index in [1.807, 2.05) is 0 Å². The normalized spacial score (nSPS) is 16.8. The van der Waals surface area contributed by atoms with Crippen molar-refractivity contribution in [1.29, 1.82) is 0 Å². The zero-order chi connectivity index (χ0) is 20.4. The molecule has 1 aliphatic heterocycles. The predicted octanol–water partition coefficient (Wildman–Crippen LogP) is 4.17. The number of carbonyl (C=O) groups excluding carboxylic acids is 1. The minimum Gasteiger partial charge on any atom is -0.371 e. The van der Waals surface area contributed by atoms with Crippen LogP contribution in [0.5, 0.6) is 0 Å². The maximum absolute atomic E-state index is 11.5. The Hall–Kier alpha value is -3.08. The van der Waals surface area contributed by atoms with Crippen LogP contribution >= 0.6 is 0 Å². The maximum Gasteiger partial charge on any atom is 0.222 e. The molecule has 1 aliphatic rings. The Kier molecular flexibility index (Phi) is 5.38. The Morgan fingerprint density at radius 1 is 1.17 bits per heavy atom. The summed E-state index contributed by atoms with van der Waals surface area (Å²) in [6.07, 6.45) is 1.90. The number of aryl methyl sites for hydroxylation is 2. The Labute approximate surface area is 171 Å². The third kappa shape index (κ3) is 4.34. The molecule has 3 N–H and O–H groups in total. The van der Waals surface area contributed by atoms with Gasteiger partial charge in [-0.1, -0.05) is 24.3 Å². The van der Waals surface area contributed by atoms with Gasteiger partial charge in [0.15, 0.2) is 0 Å². The number of carbonyl (C=O) groups is 1. The highest BCUT2D eigenvalue weighted by Crippen LogP contribution is 2.24. The van der Waals surface area contributed by atoms with Gasteiger partial charge in [0.1, 0.15) is 5.82 Å². The highest BCUT2D eigenvalue weighted by molar-refractivity contribution is 5.84. The zero-order valence-corrected chi connectivity index (χ0v) is 17.1. The van der Waals surface area contributed by atoms with Gasteiger partial charge < -0.3 is 16.0 Å². The molecule has 5 nitrogen and oxygen atoms in total. The van der Waals surface area contributed by atoms with E-state index in [0.717, 1.165) is 36.4 Å². The van der Waals surface area contributed by atoms with Gasteiger partial charge >= 0.3 is 0 Å². The zero-order valence-electron chi connectivity index (χ0n) is 17.1. The highest BCUT2D eigenvalue weighted by atomic mass is 16.1. The fourth-order valence-corrected chi connectivity index (χ4v) is 4.06. The van der Waals surface area contributed by atoms with Gasteiger partial charge in [0, 0.05) is 30.7 Å². The van der Waals surface area contributed by atoms with Gasteiger partial charge in [-0.3, -0.25) is 4.79 Å². The first kappa shape index (κ1) is 19.2. The van der Waals surface area contributed by atoms with Crippen molar-refractivity contribution in [2.75, 3.05) is 23.3 Å². The van der Waals surface area contributed by atoms with Gasteiger partial charge in [0.25, 0.3) is 0 Å². The fourth-order valence-electron chi connectivity index (χ4n) is 4.06. The summed E-state index contributed by atoms with van der Waals surface area (Å²) in [6, 6.07) is 17.0. The number of nitrogens with one attached hydrogen (secondary N) is 1. The summed E-state index contributed by atoms with van der Waals surface area (Å²) in [5.41, 5.74) is 11.3. The van der Waals surface area contributed by atoms with Gasteiger partial charge in [-0.2, -0.15) is 0 Å². The number of hydrogen-bond acceptors (Lipinski definition) is 4. The molecule has 2 heterocycles.